The number of rotatable bonds is 7. The van der Waals surface area contributed by atoms with Gasteiger partial charge in [0.25, 0.3) is 17.5 Å². The molecule has 31 heavy (non-hydrogen) atoms. The second-order valence-corrected chi connectivity index (χ2v) is 6.25. The number of benzene rings is 2. The molecule has 0 saturated carbocycles. The maximum absolute atomic E-state index is 12.3. The van der Waals surface area contributed by atoms with Gasteiger partial charge in [-0.2, -0.15) is 0 Å². The first kappa shape index (κ1) is 21.2. The number of anilines is 2. The summed E-state index contributed by atoms with van der Waals surface area (Å²) in [6.07, 6.45) is 0. The number of para-hydroxylation sites is 1. The lowest BCUT2D eigenvalue weighted by Gasteiger charge is -2.07. The molecule has 0 radical (unpaired) electrons. The van der Waals surface area contributed by atoms with E-state index < -0.39 is 29.3 Å². The van der Waals surface area contributed by atoms with Crippen molar-refractivity contribution < 1.29 is 28.6 Å². The summed E-state index contributed by atoms with van der Waals surface area (Å²) in [6.45, 7) is 1.14. The minimum atomic E-state index is -0.747. The van der Waals surface area contributed by atoms with Crippen LogP contribution in [-0.2, 0) is 9.53 Å². The molecule has 0 aliphatic carbocycles. The van der Waals surface area contributed by atoms with Crippen molar-refractivity contribution in [2.24, 2.45) is 0 Å². The van der Waals surface area contributed by atoms with Crippen LogP contribution in [0.3, 0.4) is 0 Å². The van der Waals surface area contributed by atoms with E-state index in [1.54, 1.807) is 6.92 Å². The Morgan fingerprint density at radius 1 is 1.10 bits per heavy atom. The maximum Gasteiger partial charge on any atom is 0.338 e. The van der Waals surface area contributed by atoms with E-state index in [0.717, 1.165) is 0 Å². The van der Waals surface area contributed by atoms with Crippen LogP contribution in [0.2, 0.25) is 0 Å². The highest BCUT2D eigenvalue weighted by Crippen LogP contribution is 2.20. The van der Waals surface area contributed by atoms with Crippen LogP contribution in [0.5, 0.6) is 0 Å². The van der Waals surface area contributed by atoms with Gasteiger partial charge in [-0.05, 0) is 37.3 Å². The van der Waals surface area contributed by atoms with E-state index in [1.165, 1.54) is 54.6 Å². The second kappa shape index (κ2) is 9.31. The first-order valence-electron chi connectivity index (χ1n) is 8.88. The third-order valence-electron chi connectivity index (χ3n) is 3.95. The number of esters is 1. The van der Waals surface area contributed by atoms with E-state index in [-0.39, 0.29) is 22.6 Å². The van der Waals surface area contributed by atoms with Gasteiger partial charge in [0.15, 0.2) is 12.4 Å². The van der Waals surface area contributed by atoms with E-state index in [1.807, 2.05) is 0 Å². The van der Waals surface area contributed by atoms with Crippen molar-refractivity contribution in [2.45, 2.75) is 6.92 Å². The molecule has 0 unspecified atom stereocenters. The SMILES string of the molecule is Cc1cc(NC(=O)COC(=O)c2ccc(NC(=O)c3ccccc3[N+](=O)[O-])cc2)no1. The molecule has 0 atom stereocenters. The fraction of sp³-hybridized carbons (Fsp3) is 0.100. The number of hydrogen-bond acceptors (Lipinski definition) is 8. The molecule has 0 aliphatic rings. The molecule has 0 spiro atoms. The molecule has 11 nitrogen and oxygen atoms in total. The molecule has 11 heteroatoms. The summed E-state index contributed by atoms with van der Waals surface area (Å²) in [5.41, 5.74) is 0.0520. The molecule has 1 heterocycles. The molecule has 3 aromatic rings. The number of nitrogens with zero attached hydrogens (tertiary/aromatic N) is 2. The molecule has 0 aliphatic heterocycles. The van der Waals surface area contributed by atoms with Gasteiger partial charge in [-0.15, -0.1) is 0 Å². The summed E-state index contributed by atoms with van der Waals surface area (Å²) >= 11 is 0. The predicted octanol–water partition coefficient (Wildman–Crippen LogP) is 2.94. The van der Waals surface area contributed by atoms with Crippen LogP contribution in [-0.4, -0.2) is 34.5 Å². The highest BCUT2D eigenvalue weighted by Gasteiger charge is 2.19. The van der Waals surface area contributed by atoms with Crippen LogP contribution in [0.4, 0.5) is 17.2 Å². The molecule has 3 rings (SSSR count). The van der Waals surface area contributed by atoms with Crippen molar-refractivity contribution in [2.75, 3.05) is 17.2 Å². The molecule has 158 valence electrons. The first-order chi connectivity index (χ1) is 14.8. The normalized spacial score (nSPS) is 10.2. The number of hydrogen-bond donors (Lipinski definition) is 2. The average molecular weight is 424 g/mol. The summed E-state index contributed by atoms with van der Waals surface area (Å²) in [5, 5.41) is 19.6. The predicted molar refractivity (Wildman–Crippen MR) is 108 cm³/mol. The summed E-state index contributed by atoms with van der Waals surface area (Å²) in [7, 11) is 0. The molecule has 2 aromatic carbocycles. The summed E-state index contributed by atoms with van der Waals surface area (Å²) in [6, 6.07) is 12.7. The zero-order chi connectivity index (χ0) is 22.4. The van der Waals surface area contributed by atoms with E-state index in [0.29, 0.717) is 11.4 Å². The minimum Gasteiger partial charge on any atom is -0.452 e. The highest BCUT2D eigenvalue weighted by molar-refractivity contribution is 6.07. The van der Waals surface area contributed by atoms with Crippen LogP contribution >= 0.6 is 0 Å². The minimum absolute atomic E-state index is 0.0932. The Bertz CT molecular complexity index is 1140. The Kier molecular flexibility index (Phi) is 6.36. The summed E-state index contributed by atoms with van der Waals surface area (Å²) in [5.74, 6) is -1.28. The topological polar surface area (TPSA) is 154 Å². The van der Waals surface area contributed by atoms with Crippen LogP contribution in [0, 0.1) is 17.0 Å². The number of amides is 2. The maximum atomic E-state index is 12.3. The third-order valence-corrected chi connectivity index (χ3v) is 3.95. The van der Waals surface area contributed by atoms with Crippen LogP contribution in [0.15, 0.2) is 59.1 Å². The van der Waals surface area contributed by atoms with Gasteiger partial charge in [0.05, 0.1) is 10.5 Å². The van der Waals surface area contributed by atoms with Crippen LogP contribution < -0.4 is 10.6 Å². The van der Waals surface area contributed by atoms with Gasteiger partial charge in [-0.25, -0.2) is 4.79 Å². The Balaban J connectivity index is 1.56. The van der Waals surface area contributed by atoms with E-state index in [4.69, 9.17) is 9.26 Å². The number of nitro benzene ring substituents is 1. The number of nitrogens with one attached hydrogen (secondary N) is 2. The molecular formula is C20H16N4O7. The first-order valence-corrected chi connectivity index (χ1v) is 8.88. The van der Waals surface area contributed by atoms with Crippen molar-refractivity contribution in [3.8, 4) is 0 Å². The average Bonchev–Trinajstić information content (AvgIpc) is 3.16. The lowest BCUT2D eigenvalue weighted by atomic mass is 10.1. The molecule has 0 saturated heterocycles. The summed E-state index contributed by atoms with van der Waals surface area (Å²) in [4.78, 5) is 46.6. The van der Waals surface area contributed by atoms with Gasteiger partial charge < -0.3 is 19.9 Å². The van der Waals surface area contributed by atoms with Crippen LogP contribution in [0.25, 0.3) is 0 Å². The van der Waals surface area contributed by atoms with Gasteiger partial charge in [0.2, 0.25) is 0 Å². The monoisotopic (exact) mass is 424 g/mol. The van der Waals surface area contributed by atoms with Crippen molar-refractivity contribution in [1.82, 2.24) is 5.16 Å². The molecule has 0 fully saturated rings. The largest absolute Gasteiger partial charge is 0.452 e. The van der Waals surface area contributed by atoms with Crippen molar-refractivity contribution >= 4 is 35.0 Å². The number of nitro groups is 1. The molecule has 2 amide bonds. The Morgan fingerprint density at radius 2 is 1.81 bits per heavy atom. The lowest BCUT2D eigenvalue weighted by Crippen LogP contribution is -2.21. The quantitative estimate of drug-likeness (QED) is 0.333. The smallest absolute Gasteiger partial charge is 0.338 e. The molecule has 1 aromatic heterocycles. The summed E-state index contributed by atoms with van der Waals surface area (Å²) < 4.78 is 9.74. The fourth-order valence-corrected chi connectivity index (χ4v) is 2.53. The van der Waals surface area contributed by atoms with Gasteiger partial charge >= 0.3 is 5.97 Å². The molecule has 0 bridgehead atoms. The van der Waals surface area contributed by atoms with Crippen molar-refractivity contribution in [1.29, 1.82) is 0 Å². The number of ether oxygens (including phenoxy) is 1. The van der Waals surface area contributed by atoms with Gasteiger partial charge in [-0.3, -0.25) is 19.7 Å². The Hall–Kier alpha value is -4.54. The lowest BCUT2D eigenvalue weighted by molar-refractivity contribution is -0.385. The zero-order valence-electron chi connectivity index (χ0n) is 16.2. The standard InChI is InChI=1S/C20H16N4O7/c1-12-10-17(23-31-12)22-18(25)11-30-20(27)13-6-8-14(9-7-13)21-19(26)15-4-2-3-5-16(15)24(28)29/h2-10H,11H2,1H3,(H,21,26)(H,22,23,25). The Labute approximate surface area is 175 Å². The number of aromatic nitrogens is 1. The third kappa shape index (κ3) is 5.50. The fourth-order valence-electron chi connectivity index (χ4n) is 2.53. The molecule has 2 N–H and O–H groups in total. The van der Waals surface area contributed by atoms with Crippen molar-refractivity contribution in [3.05, 3.63) is 81.6 Å². The highest BCUT2D eigenvalue weighted by atomic mass is 16.6. The van der Waals surface area contributed by atoms with Gasteiger partial charge in [0, 0.05) is 17.8 Å². The number of carbonyl (C=O) groups excluding carboxylic acids is 3. The van der Waals surface area contributed by atoms with E-state index in [2.05, 4.69) is 15.8 Å². The van der Waals surface area contributed by atoms with Crippen molar-refractivity contribution in [3.63, 3.8) is 0 Å². The van der Waals surface area contributed by atoms with Gasteiger partial charge in [-0.1, -0.05) is 17.3 Å². The van der Waals surface area contributed by atoms with Crippen LogP contribution in [0.1, 0.15) is 26.5 Å². The Morgan fingerprint density at radius 3 is 2.45 bits per heavy atom. The number of aryl methyl sites for hydroxylation is 1. The van der Waals surface area contributed by atoms with E-state index in [9.17, 15) is 24.5 Å². The van der Waals surface area contributed by atoms with Gasteiger partial charge in [0.1, 0.15) is 11.3 Å². The second-order valence-electron chi connectivity index (χ2n) is 6.25. The molecular weight excluding hydrogens is 408 g/mol. The number of carbonyl (C=O) groups is 3. The zero-order valence-corrected chi connectivity index (χ0v) is 16.2. The van der Waals surface area contributed by atoms with E-state index >= 15 is 0 Å².